The number of ether oxygens (including phenoxy) is 2. The van der Waals surface area contributed by atoms with Crippen LogP contribution in [-0.4, -0.2) is 77.5 Å². The second-order valence-corrected chi connectivity index (χ2v) is 8.66. The second-order valence-electron chi connectivity index (χ2n) is 8.66. The van der Waals surface area contributed by atoms with Gasteiger partial charge in [-0.2, -0.15) is 22.7 Å². The van der Waals surface area contributed by atoms with Crippen LogP contribution in [0, 0.1) is 5.82 Å². The van der Waals surface area contributed by atoms with E-state index in [0.717, 1.165) is 18.5 Å². The van der Waals surface area contributed by atoms with E-state index in [1.54, 1.807) is 11.8 Å². The topological polar surface area (TPSA) is 113 Å². The minimum atomic E-state index is -4.51. The first kappa shape index (κ1) is 25.7. The van der Waals surface area contributed by atoms with Crippen molar-refractivity contribution in [1.29, 1.82) is 0 Å². The smallest absolute Gasteiger partial charge is 0.418 e. The molecule has 1 amide bonds. The first-order valence-corrected chi connectivity index (χ1v) is 11.5. The van der Waals surface area contributed by atoms with Gasteiger partial charge in [0, 0.05) is 38.3 Å². The minimum Gasteiger partial charge on any atom is -0.490 e. The molecule has 4 heterocycles. The van der Waals surface area contributed by atoms with E-state index >= 15 is 0 Å². The van der Waals surface area contributed by atoms with E-state index in [1.165, 1.54) is 0 Å². The number of nitrogens with zero attached hydrogens (tertiary/aromatic N) is 4. The van der Waals surface area contributed by atoms with Crippen LogP contribution in [0.3, 0.4) is 0 Å². The van der Waals surface area contributed by atoms with Gasteiger partial charge in [-0.05, 0) is 13.0 Å². The summed E-state index contributed by atoms with van der Waals surface area (Å²) in [6, 6.07) is 0.505. The fourth-order valence-corrected chi connectivity index (χ4v) is 4.20. The van der Waals surface area contributed by atoms with E-state index in [9.17, 15) is 27.2 Å². The number of carbonyl (C=O) groups is 1. The van der Waals surface area contributed by atoms with Crippen molar-refractivity contribution in [2.75, 3.05) is 49.7 Å². The number of nitrogens with one attached hydrogen (secondary N) is 2. The van der Waals surface area contributed by atoms with Crippen LogP contribution < -0.4 is 20.5 Å². The normalized spacial score (nSPS) is 18.5. The van der Waals surface area contributed by atoms with Gasteiger partial charge < -0.3 is 24.6 Å². The molecule has 2 aromatic heterocycles. The Hall–Kier alpha value is -3.42. The van der Waals surface area contributed by atoms with E-state index in [2.05, 4.69) is 15.4 Å². The third-order valence-electron chi connectivity index (χ3n) is 6.00. The maximum absolute atomic E-state index is 13.8. The van der Waals surface area contributed by atoms with Crippen LogP contribution in [0.4, 0.5) is 29.1 Å². The molecule has 10 nitrogen and oxygen atoms in total. The monoisotopic (exact) mass is 514 g/mol. The van der Waals surface area contributed by atoms with Gasteiger partial charge in [-0.1, -0.05) is 0 Å². The molecule has 0 spiro atoms. The summed E-state index contributed by atoms with van der Waals surface area (Å²) >= 11 is 0. The number of H-pyrrole nitrogens is 1. The quantitative estimate of drug-likeness (QED) is 0.427. The molecule has 2 aliphatic rings. The molecule has 2 aromatic rings. The van der Waals surface area contributed by atoms with Crippen molar-refractivity contribution in [2.24, 2.45) is 0 Å². The number of alkyl halides is 3. The zero-order chi connectivity index (χ0) is 25.9. The maximum atomic E-state index is 13.8. The van der Waals surface area contributed by atoms with Crippen molar-refractivity contribution < 1.29 is 31.8 Å². The van der Waals surface area contributed by atoms with Gasteiger partial charge in [0.2, 0.25) is 11.7 Å². The van der Waals surface area contributed by atoms with Crippen molar-refractivity contribution in [3.8, 4) is 5.75 Å². The number of fused-ring (bicyclic) bond motifs is 3. The van der Waals surface area contributed by atoms with E-state index in [-0.39, 0.29) is 55.7 Å². The standard InChI is InChI=1S/C22H26F4N6O4/c1-13(29-16-10-28-30-21(34)19(16)23)12-35-6-3-18(33)31-4-5-32-15(11-31)2-7-36-17-8-14(22(24,25)26)9-27-20(17)32/h8-10,13,15H,2-7,11-12H2,1H3,(H2,29,30,34)/t13-,15-/m0/s1. The molecule has 1 saturated heterocycles. The van der Waals surface area contributed by atoms with Crippen LogP contribution in [0.2, 0.25) is 0 Å². The number of carbonyl (C=O) groups excluding carboxylic acids is 1. The highest BCUT2D eigenvalue weighted by atomic mass is 19.4. The Morgan fingerprint density at radius 3 is 2.94 bits per heavy atom. The fourth-order valence-electron chi connectivity index (χ4n) is 4.20. The molecule has 2 atom stereocenters. The lowest BCUT2D eigenvalue weighted by molar-refractivity contribution is -0.138. The number of piperazine rings is 1. The van der Waals surface area contributed by atoms with Gasteiger partial charge in [0.1, 0.15) is 0 Å². The number of rotatable bonds is 7. The van der Waals surface area contributed by atoms with Crippen LogP contribution in [0.5, 0.6) is 5.75 Å². The Balaban J connectivity index is 1.25. The highest BCUT2D eigenvalue weighted by Gasteiger charge is 2.36. The zero-order valence-electron chi connectivity index (χ0n) is 19.5. The largest absolute Gasteiger partial charge is 0.490 e. The van der Waals surface area contributed by atoms with Gasteiger partial charge in [0.05, 0.1) is 49.7 Å². The first-order valence-electron chi connectivity index (χ1n) is 11.5. The van der Waals surface area contributed by atoms with Crippen LogP contribution >= 0.6 is 0 Å². The summed E-state index contributed by atoms with van der Waals surface area (Å²) in [4.78, 5) is 31.6. The Labute approximate surface area is 203 Å². The molecule has 0 unspecified atom stereocenters. The molecule has 36 heavy (non-hydrogen) atoms. The SMILES string of the molecule is C[C@@H](COCCC(=O)N1CCN2c3ncc(C(F)(F)F)cc3OCC[C@H]2C1)Nc1cn[nH]c(=O)c1F. The van der Waals surface area contributed by atoms with Crippen molar-refractivity contribution >= 4 is 17.4 Å². The fraction of sp³-hybridized carbons (Fsp3) is 0.545. The van der Waals surface area contributed by atoms with Crippen molar-refractivity contribution in [1.82, 2.24) is 20.1 Å². The molecule has 0 bridgehead atoms. The van der Waals surface area contributed by atoms with Gasteiger partial charge in [0.15, 0.2) is 11.6 Å². The molecule has 0 aromatic carbocycles. The summed E-state index contributed by atoms with van der Waals surface area (Å²) in [5.74, 6) is -0.618. The van der Waals surface area contributed by atoms with Gasteiger partial charge in [-0.15, -0.1) is 0 Å². The van der Waals surface area contributed by atoms with Crippen molar-refractivity contribution in [3.05, 3.63) is 40.2 Å². The molecule has 196 valence electrons. The number of hydrogen-bond acceptors (Lipinski definition) is 8. The molecule has 2 N–H and O–H groups in total. The average Bonchev–Trinajstić information content (AvgIpc) is 3.02. The molecule has 4 rings (SSSR count). The third-order valence-corrected chi connectivity index (χ3v) is 6.00. The Morgan fingerprint density at radius 1 is 1.36 bits per heavy atom. The Morgan fingerprint density at radius 2 is 2.17 bits per heavy atom. The molecular weight excluding hydrogens is 488 g/mol. The Bertz CT molecular complexity index is 1140. The summed E-state index contributed by atoms with van der Waals surface area (Å²) < 4.78 is 64.0. The van der Waals surface area contributed by atoms with Gasteiger partial charge >= 0.3 is 11.7 Å². The summed E-state index contributed by atoms with van der Waals surface area (Å²) in [5.41, 5.74) is -1.83. The second kappa shape index (κ2) is 10.7. The zero-order valence-corrected chi connectivity index (χ0v) is 19.5. The summed E-state index contributed by atoms with van der Waals surface area (Å²) in [6.45, 7) is 3.50. The van der Waals surface area contributed by atoms with Gasteiger partial charge in [-0.25, -0.2) is 10.1 Å². The first-order chi connectivity index (χ1) is 17.1. The lowest BCUT2D eigenvalue weighted by atomic mass is 10.1. The number of hydrogen-bond donors (Lipinski definition) is 2. The highest BCUT2D eigenvalue weighted by Crippen LogP contribution is 2.38. The highest BCUT2D eigenvalue weighted by molar-refractivity contribution is 5.76. The van der Waals surface area contributed by atoms with Crippen LogP contribution in [0.15, 0.2) is 23.3 Å². The number of aromatic nitrogens is 3. The van der Waals surface area contributed by atoms with E-state index in [0.29, 0.717) is 31.9 Å². The number of halogens is 4. The predicted molar refractivity (Wildman–Crippen MR) is 120 cm³/mol. The molecule has 2 aliphatic heterocycles. The maximum Gasteiger partial charge on any atom is 0.418 e. The predicted octanol–water partition coefficient (Wildman–Crippen LogP) is 2.03. The molecule has 14 heteroatoms. The van der Waals surface area contributed by atoms with E-state index in [1.807, 2.05) is 10.00 Å². The molecule has 0 saturated carbocycles. The van der Waals surface area contributed by atoms with Crippen molar-refractivity contribution in [3.63, 3.8) is 0 Å². The average molecular weight is 514 g/mol. The summed E-state index contributed by atoms with van der Waals surface area (Å²) in [6.07, 6.45) is -1.87. The lowest BCUT2D eigenvalue weighted by Crippen LogP contribution is -2.55. The van der Waals surface area contributed by atoms with Gasteiger partial charge in [-0.3, -0.25) is 9.59 Å². The molecule has 0 radical (unpaired) electrons. The molecule has 0 aliphatic carbocycles. The van der Waals surface area contributed by atoms with Crippen LogP contribution in [0.25, 0.3) is 0 Å². The number of anilines is 2. The van der Waals surface area contributed by atoms with Crippen LogP contribution in [0.1, 0.15) is 25.3 Å². The molecular formula is C22H26F4N6O4. The Kier molecular flexibility index (Phi) is 7.62. The van der Waals surface area contributed by atoms with E-state index < -0.39 is 23.1 Å². The number of amides is 1. The van der Waals surface area contributed by atoms with E-state index in [4.69, 9.17) is 9.47 Å². The minimum absolute atomic E-state index is 0.0399. The third kappa shape index (κ3) is 5.86. The van der Waals surface area contributed by atoms with Gasteiger partial charge in [0.25, 0.3) is 0 Å². The van der Waals surface area contributed by atoms with Crippen molar-refractivity contribution in [2.45, 2.75) is 38.0 Å². The number of pyridine rings is 1. The lowest BCUT2D eigenvalue weighted by Gasteiger charge is -2.41. The van der Waals surface area contributed by atoms with Crippen LogP contribution in [-0.2, 0) is 15.7 Å². The summed E-state index contributed by atoms with van der Waals surface area (Å²) in [5, 5.41) is 8.33. The molecule has 1 fully saturated rings. The summed E-state index contributed by atoms with van der Waals surface area (Å²) in [7, 11) is 0. The number of aromatic amines is 1.